The topological polar surface area (TPSA) is 63.7 Å². The number of imide groups is 3. The zero-order valence-electron chi connectivity index (χ0n) is 12.2. The second-order valence-corrected chi connectivity index (χ2v) is 5.55. The van der Waals surface area contributed by atoms with Crippen LogP contribution in [0.5, 0.6) is 0 Å². The van der Waals surface area contributed by atoms with Crippen LogP contribution in [0.1, 0.15) is 32.3 Å². The summed E-state index contributed by atoms with van der Waals surface area (Å²) in [6.07, 6.45) is -0.0846. The number of likely N-dealkylation sites (tertiary alicyclic amines) is 1. The Hall–Kier alpha value is -2.17. The molecule has 0 saturated carbocycles. The van der Waals surface area contributed by atoms with E-state index in [9.17, 15) is 14.4 Å². The van der Waals surface area contributed by atoms with Crippen molar-refractivity contribution >= 4 is 17.9 Å². The number of benzene rings is 1. The minimum absolute atomic E-state index is 0.0423. The molecule has 0 aromatic heterocycles. The molecule has 0 spiro atoms. The van der Waals surface area contributed by atoms with E-state index < -0.39 is 17.9 Å². The van der Waals surface area contributed by atoms with Crippen LogP contribution in [-0.2, 0) is 20.9 Å². The first-order chi connectivity index (χ1) is 9.99. The Morgan fingerprint density at radius 3 is 2.57 bits per heavy atom. The monoisotopic (exact) mass is 289 g/mol. The molecular formula is C16H19NO4. The summed E-state index contributed by atoms with van der Waals surface area (Å²) in [7, 11) is 0. The molecule has 3 amide bonds. The van der Waals surface area contributed by atoms with Crippen molar-refractivity contribution in [1.29, 1.82) is 0 Å². The van der Waals surface area contributed by atoms with Gasteiger partial charge in [0.05, 0.1) is 0 Å². The summed E-state index contributed by atoms with van der Waals surface area (Å²) < 4.78 is 5.09. The molecule has 1 aliphatic rings. The molecule has 5 nitrogen and oxygen atoms in total. The highest BCUT2D eigenvalue weighted by molar-refractivity contribution is 6.09. The van der Waals surface area contributed by atoms with E-state index in [0.717, 1.165) is 5.56 Å². The third-order valence-corrected chi connectivity index (χ3v) is 3.56. The number of ether oxygens (including phenoxy) is 1. The van der Waals surface area contributed by atoms with E-state index in [1.54, 1.807) is 6.92 Å². The Labute approximate surface area is 123 Å². The maximum Gasteiger partial charge on any atom is 0.423 e. The quantitative estimate of drug-likeness (QED) is 0.785. The molecule has 2 rings (SSSR count). The van der Waals surface area contributed by atoms with Gasteiger partial charge in [0.15, 0.2) is 0 Å². The Bertz CT molecular complexity index is 540. The molecule has 1 aromatic rings. The number of nitrogens with zero attached hydrogens (tertiary/aromatic N) is 1. The van der Waals surface area contributed by atoms with E-state index in [0.29, 0.717) is 11.3 Å². The number of rotatable bonds is 2. The number of carbonyl (C=O) groups is 3. The normalized spacial score (nSPS) is 22.9. The lowest BCUT2D eigenvalue weighted by Crippen LogP contribution is -2.43. The lowest BCUT2D eigenvalue weighted by Gasteiger charge is -2.18. The van der Waals surface area contributed by atoms with Crippen molar-refractivity contribution in [3.8, 4) is 0 Å². The van der Waals surface area contributed by atoms with Crippen molar-refractivity contribution in [3.63, 3.8) is 0 Å². The molecule has 5 heteroatoms. The van der Waals surface area contributed by atoms with Crippen molar-refractivity contribution in [3.05, 3.63) is 35.9 Å². The highest BCUT2D eigenvalue weighted by Gasteiger charge is 2.37. The van der Waals surface area contributed by atoms with Crippen LogP contribution in [-0.4, -0.2) is 22.8 Å². The minimum Gasteiger partial charge on any atom is -0.444 e. The molecule has 2 atom stereocenters. The van der Waals surface area contributed by atoms with Crippen LogP contribution in [0, 0.1) is 11.8 Å². The average Bonchev–Trinajstić information content (AvgIpc) is 2.54. The smallest absolute Gasteiger partial charge is 0.423 e. The van der Waals surface area contributed by atoms with Gasteiger partial charge in [0.1, 0.15) is 6.61 Å². The summed E-state index contributed by atoms with van der Waals surface area (Å²) in [5, 5.41) is 0. The largest absolute Gasteiger partial charge is 0.444 e. The molecule has 1 fully saturated rings. The number of hydrogen-bond donors (Lipinski definition) is 0. The molecule has 21 heavy (non-hydrogen) atoms. The van der Waals surface area contributed by atoms with E-state index in [2.05, 4.69) is 0 Å². The van der Waals surface area contributed by atoms with Gasteiger partial charge < -0.3 is 4.74 Å². The zero-order chi connectivity index (χ0) is 15.4. The molecule has 1 aromatic carbocycles. The first-order valence-corrected chi connectivity index (χ1v) is 7.06. The highest BCUT2D eigenvalue weighted by Crippen LogP contribution is 2.24. The Morgan fingerprint density at radius 2 is 1.90 bits per heavy atom. The van der Waals surface area contributed by atoms with E-state index >= 15 is 0 Å². The molecule has 1 saturated heterocycles. The molecular weight excluding hydrogens is 270 g/mol. The van der Waals surface area contributed by atoms with Gasteiger partial charge in [-0.05, 0) is 17.9 Å². The summed E-state index contributed by atoms with van der Waals surface area (Å²) >= 11 is 0. The standard InChI is InChI=1S/C16H19NO4/c1-11-8-12(2)15(19)17(14(18)9-11)16(20)21-10-13-6-4-3-5-7-13/h3-7,11-12H,8-10H2,1-2H3. The number of carbonyl (C=O) groups excluding carboxylic acids is 3. The zero-order valence-corrected chi connectivity index (χ0v) is 12.2. The van der Waals surface area contributed by atoms with Crippen LogP contribution in [0.2, 0.25) is 0 Å². The maximum absolute atomic E-state index is 12.2. The predicted octanol–water partition coefficient (Wildman–Crippen LogP) is 2.74. The van der Waals surface area contributed by atoms with Gasteiger partial charge >= 0.3 is 6.09 Å². The summed E-state index contributed by atoms with van der Waals surface area (Å²) in [4.78, 5) is 36.9. The van der Waals surface area contributed by atoms with Gasteiger partial charge in [-0.25, -0.2) is 4.79 Å². The van der Waals surface area contributed by atoms with Crippen molar-refractivity contribution in [2.45, 2.75) is 33.3 Å². The van der Waals surface area contributed by atoms with Crippen molar-refractivity contribution in [2.75, 3.05) is 0 Å². The Kier molecular flexibility index (Phi) is 4.73. The fourth-order valence-corrected chi connectivity index (χ4v) is 2.50. The third-order valence-electron chi connectivity index (χ3n) is 3.56. The third kappa shape index (κ3) is 3.68. The molecule has 2 unspecified atom stereocenters. The van der Waals surface area contributed by atoms with E-state index in [4.69, 9.17) is 4.74 Å². The lowest BCUT2D eigenvalue weighted by atomic mass is 9.96. The fourth-order valence-electron chi connectivity index (χ4n) is 2.50. The van der Waals surface area contributed by atoms with Crippen LogP contribution in [0.15, 0.2) is 30.3 Å². The van der Waals surface area contributed by atoms with Crippen LogP contribution < -0.4 is 0 Å². The Balaban J connectivity index is 2.05. The molecule has 1 aliphatic heterocycles. The second kappa shape index (κ2) is 6.52. The SMILES string of the molecule is CC1CC(=O)N(C(=O)OCc2ccccc2)C(=O)C(C)C1. The van der Waals surface area contributed by atoms with E-state index in [1.165, 1.54) is 0 Å². The lowest BCUT2D eigenvalue weighted by molar-refractivity contribution is -0.143. The van der Waals surface area contributed by atoms with Gasteiger partial charge in [-0.1, -0.05) is 44.2 Å². The molecule has 1 heterocycles. The molecule has 0 N–H and O–H groups in total. The first kappa shape index (κ1) is 15.2. The molecule has 0 aliphatic carbocycles. The maximum atomic E-state index is 12.2. The summed E-state index contributed by atoms with van der Waals surface area (Å²) in [5.41, 5.74) is 0.807. The van der Waals surface area contributed by atoms with Crippen molar-refractivity contribution < 1.29 is 19.1 Å². The van der Waals surface area contributed by atoms with Gasteiger partial charge in [-0.15, -0.1) is 0 Å². The average molecular weight is 289 g/mol. The second-order valence-electron chi connectivity index (χ2n) is 5.55. The summed E-state index contributed by atoms with van der Waals surface area (Å²) in [5.74, 6) is -1.21. The van der Waals surface area contributed by atoms with Gasteiger partial charge in [-0.2, -0.15) is 4.90 Å². The van der Waals surface area contributed by atoms with Crippen LogP contribution in [0.4, 0.5) is 4.79 Å². The van der Waals surface area contributed by atoms with Gasteiger partial charge in [0, 0.05) is 12.3 Å². The van der Waals surface area contributed by atoms with Gasteiger partial charge in [0.25, 0.3) is 0 Å². The highest BCUT2D eigenvalue weighted by atomic mass is 16.6. The van der Waals surface area contributed by atoms with Gasteiger partial charge in [-0.3, -0.25) is 9.59 Å². The summed E-state index contributed by atoms with van der Waals surface area (Å²) in [6, 6.07) is 9.13. The van der Waals surface area contributed by atoms with Crippen molar-refractivity contribution in [1.82, 2.24) is 4.90 Å². The van der Waals surface area contributed by atoms with E-state index in [1.807, 2.05) is 37.3 Å². The van der Waals surface area contributed by atoms with Crippen LogP contribution in [0.25, 0.3) is 0 Å². The van der Waals surface area contributed by atoms with Crippen LogP contribution in [0.3, 0.4) is 0 Å². The molecule has 112 valence electrons. The fraction of sp³-hybridized carbons (Fsp3) is 0.438. The van der Waals surface area contributed by atoms with Gasteiger partial charge in [0.2, 0.25) is 11.8 Å². The minimum atomic E-state index is -0.880. The predicted molar refractivity (Wildman–Crippen MR) is 76.0 cm³/mol. The molecule has 0 radical (unpaired) electrons. The van der Waals surface area contributed by atoms with Crippen molar-refractivity contribution in [2.24, 2.45) is 11.8 Å². The van der Waals surface area contributed by atoms with Crippen LogP contribution >= 0.6 is 0 Å². The number of amides is 3. The molecule has 0 bridgehead atoms. The summed E-state index contributed by atoms with van der Waals surface area (Å²) in [6.45, 7) is 3.68. The first-order valence-electron chi connectivity index (χ1n) is 7.06. The Morgan fingerprint density at radius 1 is 1.24 bits per heavy atom. The number of hydrogen-bond acceptors (Lipinski definition) is 4. The van der Waals surface area contributed by atoms with E-state index in [-0.39, 0.29) is 24.9 Å².